The number of rotatable bonds is 4. The van der Waals surface area contributed by atoms with Crippen molar-refractivity contribution in [3.8, 4) is 0 Å². The van der Waals surface area contributed by atoms with Gasteiger partial charge in [0.15, 0.2) is 0 Å². The molecule has 3 heteroatoms. The molecule has 7 atom stereocenters. The van der Waals surface area contributed by atoms with Gasteiger partial charge in [-0.15, -0.1) is 0 Å². The van der Waals surface area contributed by atoms with E-state index in [-0.39, 0.29) is 12.1 Å². The highest BCUT2D eigenvalue weighted by Crippen LogP contribution is 2.71. The second-order valence-corrected chi connectivity index (χ2v) is 12.3. The molecule has 5 saturated carbocycles. The van der Waals surface area contributed by atoms with Gasteiger partial charge < -0.3 is 4.74 Å². The Kier molecular flexibility index (Phi) is 4.93. The summed E-state index contributed by atoms with van der Waals surface area (Å²) in [6.45, 7) is 2.52. The van der Waals surface area contributed by atoms with Crippen molar-refractivity contribution < 1.29 is 14.3 Å². The van der Waals surface area contributed by atoms with Gasteiger partial charge in [-0.05, 0) is 85.9 Å². The van der Waals surface area contributed by atoms with Crippen LogP contribution in [0.1, 0.15) is 103 Å². The van der Waals surface area contributed by atoms with E-state index in [9.17, 15) is 9.59 Å². The highest BCUT2D eigenvalue weighted by Gasteiger charge is 2.66. The second-order valence-electron chi connectivity index (χ2n) is 12.3. The lowest BCUT2D eigenvalue weighted by atomic mass is 9.43. The summed E-state index contributed by atoms with van der Waals surface area (Å²) >= 11 is 0. The molecule has 170 valence electrons. The lowest BCUT2D eigenvalue weighted by Gasteiger charge is -2.61. The van der Waals surface area contributed by atoms with Crippen molar-refractivity contribution in [1.82, 2.24) is 0 Å². The van der Waals surface area contributed by atoms with Crippen LogP contribution in [0, 0.1) is 40.4 Å². The molecule has 31 heavy (non-hydrogen) atoms. The van der Waals surface area contributed by atoms with E-state index in [4.69, 9.17) is 4.74 Å². The molecule has 5 fully saturated rings. The van der Waals surface area contributed by atoms with Gasteiger partial charge in [0.25, 0.3) is 0 Å². The number of allylic oxidation sites excluding steroid dienone is 1. The van der Waals surface area contributed by atoms with Crippen molar-refractivity contribution in [3.63, 3.8) is 0 Å². The van der Waals surface area contributed by atoms with Gasteiger partial charge in [-0.3, -0.25) is 9.59 Å². The summed E-state index contributed by atoms with van der Waals surface area (Å²) in [5.74, 6) is 4.12. The maximum absolute atomic E-state index is 12.5. The molecule has 0 aromatic rings. The SMILES string of the molecule is CC12CCC(OC(=O)CCC3CCCC3)CC1=CCC1C2CCC23CC(=O)C2CCC13. The summed E-state index contributed by atoms with van der Waals surface area (Å²) in [6, 6.07) is 0. The highest BCUT2D eigenvalue weighted by molar-refractivity contribution is 5.89. The number of Topliss-reactive ketones (excluding diaryl/α,β-unsaturated/α-hetero) is 1. The van der Waals surface area contributed by atoms with Crippen molar-refractivity contribution in [3.05, 3.63) is 11.6 Å². The van der Waals surface area contributed by atoms with Gasteiger partial charge in [0.2, 0.25) is 0 Å². The third-order valence-corrected chi connectivity index (χ3v) is 11.2. The molecular weight excluding hydrogens is 384 g/mol. The van der Waals surface area contributed by atoms with E-state index >= 15 is 0 Å². The molecule has 0 aliphatic heterocycles. The molecule has 0 aromatic heterocycles. The lowest BCUT2D eigenvalue weighted by Crippen LogP contribution is -2.56. The fraction of sp³-hybridized carbons (Fsp3) is 0.857. The first-order chi connectivity index (χ1) is 15.0. The number of ether oxygens (including phenoxy) is 1. The normalized spacial score (nSPS) is 46.3. The molecule has 1 spiro atoms. The Balaban J connectivity index is 1.10. The Labute approximate surface area is 187 Å². The second kappa shape index (κ2) is 7.45. The number of hydrogen-bond acceptors (Lipinski definition) is 3. The van der Waals surface area contributed by atoms with Crippen LogP contribution in [0.5, 0.6) is 0 Å². The number of ketones is 1. The maximum atomic E-state index is 12.5. The topological polar surface area (TPSA) is 43.4 Å². The van der Waals surface area contributed by atoms with Gasteiger partial charge in [-0.1, -0.05) is 44.3 Å². The highest BCUT2D eigenvalue weighted by atomic mass is 16.5. The monoisotopic (exact) mass is 424 g/mol. The number of carbonyl (C=O) groups is 2. The minimum Gasteiger partial charge on any atom is -0.462 e. The molecule has 0 heterocycles. The van der Waals surface area contributed by atoms with Gasteiger partial charge >= 0.3 is 5.97 Å². The zero-order valence-electron chi connectivity index (χ0n) is 19.4. The zero-order chi connectivity index (χ0) is 21.2. The number of esters is 1. The predicted molar refractivity (Wildman–Crippen MR) is 120 cm³/mol. The average molecular weight is 425 g/mol. The van der Waals surface area contributed by atoms with Gasteiger partial charge in [-0.2, -0.15) is 0 Å². The van der Waals surface area contributed by atoms with Crippen LogP contribution >= 0.6 is 0 Å². The van der Waals surface area contributed by atoms with Crippen molar-refractivity contribution in [2.75, 3.05) is 0 Å². The molecular formula is C28H40O3. The first kappa shape index (κ1) is 20.5. The van der Waals surface area contributed by atoms with Crippen LogP contribution in [-0.4, -0.2) is 17.9 Å². The minimum atomic E-state index is 0.0426. The van der Waals surface area contributed by atoms with E-state index in [2.05, 4.69) is 13.0 Å². The molecule has 0 amide bonds. The molecule has 3 nitrogen and oxygen atoms in total. The Morgan fingerprint density at radius 1 is 1.06 bits per heavy atom. The summed E-state index contributed by atoms with van der Waals surface area (Å²) in [6.07, 6.45) is 19.9. The molecule has 7 unspecified atom stereocenters. The fourth-order valence-corrected chi connectivity index (χ4v) is 9.55. The van der Waals surface area contributed by atoms with Crippen molar-refractivity contribution in [2.45, 2.75) is 109 Å². The standard InChI is InChI=1S/C28H40O3/c1-27-14-12-20(31-26(30)11-6-18-4-2-3-5-18)16-19(27)7-8-21-22(27)13-15-28-17-25(29)24(28)10-9-23(21)28/h7,18,20-24H,2-6,8-17H2,1H3. The van der Waals surface area contributed by atoms with Crippen molar-refractivity contribution >= 4 is 11.8 Å². The van der Waals surface area contributed by atoms with E-state index in [1.165, 1.54) is 64.2 Å². The third-order valence-electron chi connectivity index (χ3n) is 11.2. The Hall–Kier alpha value is -1.12. The minimum absolute atomic E-state index is 0.0426. The molecule has 0 bridgehead atoms. The fourth-order valence-electron chi connectivity index (χ4n) is 9.55. The van der Waals surface area contributed by atoms with Crippen LogP contribution in [0.4, 0.5) is 0 Å². The van der Waals surface area contributed by atoms with Crippen LogP contribution in [-0.2, 0) is 14.3 Å². The Bertz CT molecular complexity index is 792. The van der Waals surface area contributed by atoms with E-state index in [1.54, 1.807) is 5.57 Å². The van der Waals surface area contributed by atoms with Crippen LogP contribution < -0.4 is 0 Å². The Morgan fingerprint density at radius 3 is 2.71 bits per heavy atom. The van der Waals surface area contributed by atoms with Crippen LogP contribution in [0.15, 0.2) is 11.6 Å². The summed E-state index contributed by atoms with van der Waals surface area (Å²) in [4.78, 5) is 24.7. The molecule has 6 aliphatic carbocycles. The van der Waals surface area contributed by atoms with Crippen LogP contribution in [0.3, 0.4) is 0 Å². The molecule has 6 rings (SSSR count). The average Bonchev–Trinajstić information content (AvgIpc) is 3.37. The molecule has 0 saturated heterocycles. The van der Waals surface area contributed by atoms with Gasteiger partial charge in [-0.25, -0.2) is 0 Å². The van der Waals surface area contributed by atoms with Crippen molar-refractivity contribution in [1.29, 1.82) is 0 Å². The first-order valence-electron chi connectivity index (χ1n) is 13.4. The van der Waals surface area contributed by atoms with Crippen LogP contribution in [0.2, 0.25) is 0 Å². The number of fused-ring (bicyclic) bond motifs is 4. The van der Waals surface area contributed by atoms with Gasteiger partial charge in [0, 0.05) is 25.2 Å². The molecule has 6 aliphatic rings. The third kappa shape index (κ3) is 3.11. The Morgan fingerprint density at radius 2 is 1.90 bits per heavy atom. The summed E-state index contributed by atoms with van der Waals surface area (Å²) in [5.41, 5.74) is 2.28. The van der Waals surface area contributed by atoms with Crippen LogP contribution in [0.25, 0.3) is 0 Å². The predicted octanol–water partition coefficient (Wildman–Crippen LogP) is 6.40. The summed E-state index contributed by atoms with van der Waals surface area (Å²) in [7, 11) is 0. The molecule has 0 N–H and O–H groups in total. The smallest absolute Gasteiger partial charge is 0.306 e. The number of hydrogen-bond donors (Lipinski definition) is 0. The lowest BCUT2D eigenvalue weighted by molar-refractivity contribution is -0.157. The number of carbonyl (C=O) groups excluding carboxylic acids is 2. The van der Waals surface area contributed by atoms with Crippen molar-refractivity contribution in [2.24, 2.45) is 40.4 Å². The van der Waals surface area contributed by atoms with Gasteiger partial charge in [0.1, 0.15) is 11.9 Å². The summed E-state index contributed by atoms with van der Waals surface area (Å²) < 4.78 is 5.98. The summed E-state index contributed by atoms with van der Waals surface area (Å²) in [5, 5.41) is 0. The first-order valence-corrected chi connectivity index (χ1v) is 13.4. The van der Waals surface area contributed by atoms with E-state index in [1.807, 2.05) is 0 Å². The van der Waals surface area contributed by atoms with E-state index < -0.39 is 0 Å². The maximum Gasteiger partial charge on any atom is 0.306 e. The quantitative estimate of drug-likeness (QED) is 0.387. The van der Waals surface area contributed by atoms with E-state index in [0.29, 0.717) is 29.0 Å². The zero-order valence-corrected chi connectivity index (χ0v) is 19.4. The largest absolute Gasteiger partial charge is 0.462 e. The molecule has 0 radical (unpaired) electrons. The van der Waals surface area contributed by atoms with Gasteiger partial charge in [0.05, 0.1) is 0 Å². The van der Waals surface area contributed by atoms with E-state index in [0.717, 1.165) is 49.4 Å². The molecule has 0 aromatic carbocycles.